The Morgan fingerprint density at radius 2 is 1.89 bits per heavy atom. The summed E-state index contributed by atoms with van der Waals surface area (Å²) in [5.41, 5.74) is 2.95. The molecule has 1 aromatic heterocycles. The molecule has 0 radical (unpaired) electrons. The molecule has 0 fully saturated rings. The number of nitrogens with one attached hydrogen (secondary N) is 1. The van der Waals surface area contributed by atoms with Crippen LogP contribution in [0.3, 0.4) is 0 Å². The third kappa shape index (κ3) is 5.69. The van der Waals surface area contributed by atoms with Gasteiger partial charge in [-0.3, -0.25) is 4.79 Å². The van der Waals surface area contributed by atoms with Crippen molar-refractivity contribution >= 4 is 5.97 Å². The lowest BCUT2D eigenvalue weighted by molar-refractivity contribution is -0.135. The first-order valence-corrected chi connectivity index (χ1v) is 9.28. The molecule has 6 heteroatoms. The minimum atomic E-state index is -0.863. The van der Waals surface area contributed by atoms with Crippen LogP contribution >= 0.6 is 0 Å². The molecule has 2 aromatic carbocycles. The van der Waals surface area contributed by atoms with Gasteiger partial charge in [0.15, 0.2) is 0 Å². The van der Waals surface area contributed by atoms with Crippen molar-refractivity contribution in [2.24, 2.45) is 0 Å². The number of carboxylic acids is 1. The molecule has 0 aliphatic rings. The molecule has 0 amide bonds. The van der Waals surface area contributed by atoms with Crippen LogP contribution in [0.4, 0.5) is 0 Å². The first kappa shape index (κ1) is 19.6. The van der Waals surface area contributed by atoms with Crippen molar-refractivity contribution in [2.75, 3.05) is 13.2 Å². The molecule has 0 unspecified atom stereocenters. The number of benzene rings is 2. The first-order valence-electron chi connectivity index (χ1n) is 9.28. The lowest BCUT2D eigenvalue weighted by atomic mass is 10.2. The normalized spacial score (nSPS) is 10.8. The summed E-state index contributed by atoms with van der Waals surface area (Å²) in [6, 6.07) is 17.5. The van der Waals surface area contributed by atoms with Crippen LogP contribution in [0.1, 0.15) is 23.4 Å². The number of ether oxygens (including phenoxy) is 1. The molecule has 1 heterocycles. The highest BCUT2D eigenvalue weighted by molar-refractivity contribution is 5.69. The Hall–Kier alpha value is -3.12. The van der Waals surface area contributed by atoms with Gasteiger partial charge in [-0.2, -0.15) is 0 Å². The number of nitrogens with zero attached hydrogens (tertiary/aromatic N) is 1. The zero-order chi connectivity index (χ0) is 19.8. The van der Waals surface area contributed by atoms with Gasteiger partial charge in [-0.1, -0.05) is 30.3 Å². The molecular formula is C22H24N2O4. The maximum absolute atomic E-state index is 10.5. The van der Waals surface area contributed by atoms with E-state index in [1.807, 2.05) is 61.5 Å². The number of aryl methyl sites for hydroxylation is 2. The molecular weight excluding hydrogens is 356 g/mol. The van der Waals surface area contributed by atoms with E-state index in [-0.39, 0.29) is 6.54 Å². The smallest absolute Gasteiger partial charge is 0.317 e. The Morgan fingerprint density at radius 3 is 2.61 bits per heavy atom. The highest BCUT2D eigenvalue weighted by atomic mass is 16.5. The van der Waals surface area contributed by atoms with E-state index in [0.717, 1.165) is 41.2 Å². The summed E-state index contributed by atoms with van der Waals surface area (Å²) in [6.07, 6.45) is 1.63. The van der Waals surface area contributed by atoms with Crippen molar-refractivity contribution in [3.8, 4) is 17.2 Å². The molecule has 2 N–H and O–H groups in total. The molecule has 3 aromatic rings. The maximum atomic E-state index is 10.5. The number of rotatable bonds is 10. The van der Waals surface area contributed by atoms with Gasteiger partial charge >= 0.3 is 5.97 Å². The van der Waals surface area contributed by atoms with Gasteiger partial charge < -0.3 is 19.6 Å². The molecule has 0 spiro atoms. The predicted molar refractivity (Wildman–Crippen MR) is 106 cm³/mol. The highest BCUT2D eigenvalue weighted by Crippen LogP contribution is 2.22. The SMILES string of the molecule is Cc1oc(-c2ccccc2)nc1CCCOc1ccc(CNCC(=O)O)cc1. The summed E-state index contributed by atoms with van der Waals surface area (Å²) >= 11 is 0. The van der Waals surface area contributed by atoms with Gasteiger partial charge in [0.25, 0.3) is 0 Å². The van der Waals surface area contributed by atoms with Crippen LogP contribution in [0, 0.1) is 6.92 Å². The highest BCUT2D eigenvalue weighted by Gasteiger charge is 2.11. The summed E-state index contributed by atoms with van der Waals surface area (Å²) < 4.78 is 11.6. The topological polar surface area (TPSA) is 84.6 Å². The van der Waals surface area contributed by atoms with E-state index >= 15 is 0 Å². The number of aliphatic carboxylic acids is 1. The summed E-state index contributed by atoms with van der Waals surface area (Å²) in [6.45, 7) is 2.99. The van der Waals surface area contributed by atoms with Crippen LogP contribution in [0.2, 0.25) is 0 Å². The third-order valence-corrected chi connectivity index (χ3v) is 4.27. The van der Waals surface area contributed by atoms with E-state index in [4.69, 9.17) is 14.3 Å². The number of hydrogen-bond donors (Lipinski definition) is 2. The van der Waals surface area contributed by atoms with Crippen LogP contribution in [0.25, 0.3) is 11.5 Å². The van der Waals surface area contributed by atoms with E-state index in [1.54, 1.807) is 0 Å². The third-order valence-electron chi connectivity index (χ3n) is 4.27. The van der Waals surface area contributed by atoms with Crippen molar-refractivity contribution in [2.45, 2.75) is 26.3 Å². The summed E-state index contributed by atoms with van der Waals surface area (Å²) in [5.74, 6) is 1.43. The van der Waals surface area contributed by atoms with Gasteiger partial charge in [-0.25, -0.2) is 4.98 Å². The van der Waals surface area contributed by atoms with Crippen molar-refractivity contribution in [3.05, 3.63) is 71.6 Å². The second-order valence-corrected chi connectivity index (χ2v) is 6.48. The standard InChI is InChI=1S/C22H24N2O4/c1-16-20(24-22(28-16)18-6-3-2-4-7-18)8-5-13-27-19-11-9-17(10-12-19)14-23-15-21(25)26/h2-4,6-7,9-12,23H,5,8,13-15H2,1H3,(H,25,26). The summed E-state index contributed by atoms with van der Waals surface area (Å²) in [4.78, 5) is 15.1. The Bertz CT molecular complexity index is 889. The van der Waals surface area contributed by atoms with Crippen LogP contribution in [0.5, 0.6) is 5.75 Å². The van der Waals surface area contributed by atoms with Crippen molar-refractivity contribution in [1.82, 2.24) is 10.3 Å². The fraction of sp³-hybridized carbons (Fsp3) is 0.273. The monoisotopic (exact) mass is 380 g/mol. The Kier molecular flexibility index (Phi) is 6.81. The average Bonchev–Trinajstić information content (AvgIpc) is 3.07. The second kappa shape index (κ2) is 9.71. The largest absolute Gasteiger partial charge is 0.494 e. The van der Waals surface area contributed by atoms with Gasteiger partial charge in [0.1, 0.15) is 11.5 Å². The van der Waals surface area contributed by atoms with Gasteiger partial charge in [0, 0.05) is 12.1 Å². The van der Waals surface area contributed by atoms with E-state index in [9.17, 15) is 4.79 Å². The van der Waals surface area contributed by atoms with Crippen molar-refractivity contribution < 1.29 is 19.1 Å². The second-order valence-electron chi connectivity index (χ2n) is 6.48. The molecule has 0 aliphatic carbocycles. The minimum absolute atomic E-state index is 0.0499. The van der Waals surface area contributed by atoms with Gasteiger partial charge in [-0.05, 0) is 49.6 Å². The molecule has 3 rings (SSSR count). The molecule has 0 saturated carbocycles. The quantitative estimate of drug-likeness (QED) is 0.520. The fourth-order valence-electron chi connectivity index (χ4n) is 2.81. The van der Waals surface area contributed by atoms with E-state index in [2.05, 4.69) is 10.3 Å². The van der Waals surface area contributed by atoms with Crippen LogP contribution < -0.4 is 10.1 Å². The number of carboxylic acid groups (broad SMARTS) is 1. The number of oxazole rings is 1. The molecule has 28 heavy (non-hydrogen) atoms. The molecule has 0 aliphatic heterocycles. The van der Waals surface area contributed by atoms with Gasteiger partial charge in [0.2, 0.25) is 5.89 Å². The van der Waals surface area contributed by atoms with E-state index < -0.39 is 5.97 Å². The van der Waals surface area contributed by atoms with E-state index in [0.29, 0.717) is 19.0 Å². The molecule has 6 nitrogen and oxygen atoms in total. The molecule has 0 bridgehead atoms. The van der Waals surface area contributed by atoms with E-state index in [1.165, 1.54) is 0 Å². The first-order chi connectivity index (χ1) is 13.6. The van der Waals surface area contributed by atoms with Gasteiger partial charge in [0.05, 0.1) is 18.8 Å². The maximum Gasteiger partial charge on any atom is 0.317 e. The Balaban J connectivity index is 1.43. The molecule has 0 atom stereocenters. The number of aromatic nitrogens is 1. The minimum Gasteiger partial charge on any atom is -0.494 e. The van der Waals surface area contributed by atoms with Gasteiger partial charge in [-0.15, -0.1) is 0 Å². The zero-order valence-corrected chi connectivity index (χ0v) is 15.9. The number of hydrogen-bond acceptors (Lipinski definition) is 5. The Morgan fingerprint density at radius 1 is 1.14 bits per heavy atom. The van der Waals surface area contributed by atoms with Crippen LogP contribution in [-0.4, -0.2) is 29.2 Å². The lowest BCUT2D eigenvalue weighted by Gasteiger charge is -2.07. The summed E-state index contributed by atoms with van der Waals surface area (Å²) in [5, 5.41) is 11.5. The van der Waals surface area contributed by atoms with Crippen LogP contribution in [-0.2, 0) is 17.8 Å². The zero-order valence-electron chi connectivity index (χ0n) is 15.9. The summed E-state index contributed by atoms with van der Waals surface area (Å²) in [7, 11) is 0. The lowest BCUT2D eigenvalue weighted by Crippen LogP contribution is -2.21. The van der Waals surface area contributed by atoms with Crippen molar-refractivity contribution in [3.63, 3.8) is 0 Å². The molecule has 0 saturated heterocycles. The molecule has 146 valence electrons. The number of carbonyl (C=O) groups is 1. The predicted octanol–water partition coefficient (Wildman–Crippen LogP) is 3.84. The Labute approximate surface area is 164 Å². The fourth-order valence-corrected chi connectivity index (χ4v) is 2.81. The van der Waals surface area contributed by atoms with Crippen molar-refractivity contribution in [1.29, 1.82) is 0 Å². The van der Waals surface area contributed by atoms with Crippen LogP contribution in [0.15, 0.2) is 59.0 Å². The average molecular weight is 380 g/mol.